The van der Waals surface area contributed by atoms with Crippen molar-refractivity contribution < 1.29 is 4.79 Å². The molecule has 8 heteroatoms. The van der Waals surface area contributed by atoms with Gasteiger partial charge in [0.1, 0.15) is 5.00 Å². The normalized spacial score (nSPS) is 15.4. The van der Waals surface area contributed by atoms with Gasteiger partial charge in [-0.3, -0.25) is 9.48 Å². The Balaban J connectivity index is 1.57. The van der Waals surface area contributed by atoms with Gasteiger partial charge < -0.3 is 15.5 Å². The number of carbonyl (C=O) groups excluding carboxylic acids is 1. The summed E-state index contributed by atoms with van der Waals surface area (Å²) in [7, 11) is 1.79. The summed E-state index contributed by atoms with van der Waals surface area (Å²) in [6.07, 6.45) is 7.52. The maximum absolute atomic E-state index is 12.5. The van der Waals surface area contributed by atoms with Crippen LogP contribution in [0.5, 0.6) is 0 Å². The number of amides is 1. The molecule has 0 aromatic carbocycles. The Morgan fingerprint density at radius 3 is 2.83 bits per heavy atom. The van der Waals surface area contributed by atoms with E-state index < -0.39 is 0 Å². The fraction of sp³-hybridized carbons (Fsp3) is 0.562. The molecule has 1 fully saturated rings. The number of anilines is 2. The van der Waals surface area contributed by atoms with Crippen LogP contribution in [0, 0.1) is 6.92 Å². The third-order valence-corrected chi connectivity index (χ3v) is 5.26. The Kier molecular flexibility index (Phi) is 5.47. The summed E-state index contributed by atoms with van der Waals surface area (Å²) >= 11 is 1.30. The molecule has 2 aromatic rings. The van der Waals surface area contributed by atoms with E-state index in [0.717, 1.165) is 23.8 Å². The van der Waals surface area contributed by atoms with Crippen LogP contribution in [-0.2, 0) is 6.54 Å². The molecule has 3 rings (SSSR count). The average molecular weight is 348 g/mol. The van der Waals surface area contributed by atoms with Crippen LogP contribution in [0.4, 0.5) is 10.7 Å². The number of aryl methyl sites for hydroxylation is 1. The lowest BCUT2D eigenvalue weighted by Crippen LogP contribution is -2.32. The number of nitrogens with zero attached hydrogens (tertiary/aromatic N) is 4. The molecule has 0 spiro atoms. The summed E-state index contributed by atoms with van der Waals surface area (Å²) < 4.78 is 6.12. The third-order valence-electron chi connectivity index (χ3n) is 4.30. The quantitative estimate of drug-likeness (QED) is 0.839. The average Bonchev–Trinajstić information content (AvgIpc) is 3.20. The van der Waals surface area contributed by atoms with Crippen molar-refractivity contribution in [3.63, 3.8) is 0 Å². The van der Waals surface area contributed by atoms with Gasteiger partial charge in [0, 0.05) is 19.8 Å². The van der Waals surface area contributed by atoms with Crippen molar-refractivity contribution in [2.45, 2.75) is 32.7 Å². The second-order valence-electron chi connectivity index (χ2n) is 6.07. The molecule has 7 nitrogen and oxygen atoms in total. The van der Waals surface area contributed by atoms with Gasteiger partial charge in [-0.2, -0.15) is 9.47 Å². The molecule has 2 N–H and O–H groups in total. The zero-order valence-corrected chi connectivity index (χ0v) is 15.0. The predicted molar refractivity (Wildman–Crippen MR) is 96.9 cm³/mol. The van der Waals surface area contributed by atoms with E-state index in [2.05, 4.69) is 25.0 Å². The van der Waals surface area contributed by atoms with Gasteiger partial charge in [-0.15, -0.1) is 0 Å². The molecular weight excluding hydrogens is 324 g/mol. The molecule has 0 unspecified atom stereocenters. The van der Waals surface area contributed by atoms with Crippen LogP contribution in [0.3, 0.4) is 0 Å². The van der Waals surface area contributed by atoms with E-state index in [4.69, 9.17) is 0 Å². The third kappa shape index (κ3) is 3.93. The number of likely N-dealkylation sites (tertiary alicyclic amines) is 1. The minimum atomic E-state index is -0.152. The van der Waals surface area contributed by atoms with Crippen molar-refractivity contribution in [3.8, 4) is 0 Å². The van der Waals surface area contributed by atoms with Gasteiger partial charge in [-0.05, 0) is 44.4 Å². The van der Waals surface area contributed by atoms with Crippen molar-refractivity contribution in [3.05, 3.63) is 23.7 Å². The van der Waals surface area contributed by atoms with Gasteiger partial charge in [-0.1, -0.05) is 6.42 Å². The second-order valence-corrected chi connectivity index (χ2v) is 6.84. The largest absolute Gasteiger partial charge is 0.378 e. The summed E-state index contributed by atoms with van der Waals surface area (Å²) in [4.78, 5) is 14.9. The van der Waals surface area contributed by atoms with Crippen LogP contribution in [-0.4, -0.2) is 51.6 Å². The summed E-state index contributed by atoms with van der Waals surface area (Å²) in [5.41, 5.74) is 2.05. The Hall–Kier alpha value is -1.93. The monoisotopic (exact) mass is 348 g/mol. The number of aromatic nitrogens is 3. The lowest BCUT2D eigenvalue weighted by Gasteiger charge is -2.26. The van der Waals surface area contributed by atoms with E-state index in [1.807, 2.05) is 17.8 Å². The summed E-state index contributed by atoms with van der Waals surface area (Å²) in [6, 6.07) is 0. The molecule has 0 aliphatic carbocycles. The number of carbonyl (C=O) groups is 1. The minimum Gasteiger partial charge on any atom is -0.378 e. The minimum absolute atomic E-state index is 0.152. The van der Waals surface area contributed by atoms with E-state index in [-0.39, 0.29) is 5.91 Å². The Morgan fingerprint density at radius 2 is 2.08 bits per heavy atom. The Morgan fingerprint density at radius 1 is 1.29 bits per heavy atom. The number of piperidine rings is 1. The predicted octanol–water partition coefficient (Wildman–Crippen LogP) is 2.43. The van der Waals surface area contributed by atoms with Crippen molar-refractivity contribution in [2.24, 2.45) is 0 Å². The molecule has 0 atom stereocenters. The van der Waals surface area contributed by atoms with Gasteiger partial charge in [0.05, 0.1) is 29.7 Å². The highest BCUT2D eigenvalue weighted by Gasteiger charge is 2.18. The molecular formula is C16H24N6OS. The molecule has 1 aliphatic heterocycles. The highest BCUT2D eigenvalue weighted by Crippen LogP contribution is 2.24. The van der Waals surface area contributed by atoms with E-state index in [0.29, 0.717) is 11.3 Å². The number of nitrogens with one attached hydrogen (secondary N) is 2. The van der Waals surface area contributed by atoms with Crippen LogP contribution < -0.4 is 10.6 Å². The molecule has 0 bridgehead atoms. The maximum atomic E-state index is 12.5. The molecule has 2 aromatic heterocycles. The summed E-state index contributed by atoms with van der Waals surface area (Å²) in [5, 5.41) is 11.0. The topological polar surface area (TPSA) is 75.1 Å². The summed E-state index contributed by atoms with van der Waals surface area (Å²) in [5.74, 6) is -0.152. The SMILES string of the molecule is CNc1snc(C)c1C(=O)Nc1cnn(CCN2CCCCC2)c1. The molecule has 1 saturated heterocycles. The van der Waals surface area contributed by atoms with E-state index in [9.17, 15) is 4.79 Å². The Labute approximate surface area is 146 Å². The first-order valence-corrected chi connectivity index (χ1v) is 9.15. The van der Waals surface area contributed by atoms with Gasteiger partial charge in [0.15, 0.2) is 0 Å². The van der Waals surface area contributed by atoms with Crippen LogP contribution in [0.1, 0.15) is 35.3 Å². The molecule has 0 saturated carbocycles. The molecule has 1 aliphatic rings. The molecule has 130 valence electrons. The molecule has 1 amide bonds. The van der Waals surface area contributed by atoms with Gasteiger partial charge in [0.25, 0.3) is 5.91 Å². The van der Waals surface area contributed by atoms with Crippen LogP contribution in [0.25, 0.3) is 0 Å². The first-order chi connectivity index (χ1) is 11.7. The fourth-order valence-electron chi connectivity index (χ4n) is 2.98. The first kappa shape index (κ1) is 16.9. The Bertz CT molecular complexity index is 689. The highest BCUT2D eigenvalue weighted by atomic mass is 32.1. The van der Waals surface area contributed by atoms with Crippen LogP contribution in [0.2, 0.25) is 0 Å². The van der Waals surface area contributed by atoms with E-state index in [1.165, 1.54) is 43.9 Å². The molecule has 0 radical (unpaired) electrons. The van der Waals surface area contributed by atoms with Gasteiger partial charge in [0.2, 0.25) is 0 Å². The second kappa shape index (κ2) is 7.76. The van der Waals surface area contributed by atoms with Gasteiger partial charge >= 0.3 is 0 Å². The van der Waals surface area contributed by atoms with Crippen LogP contribution in [0.15, 0.2) is 12.4 Å². The van der Waals surface area contributed by atoms with Crippen molar-refractivity contribution in [1.82, 2.24) is 19.1 Å². The standard InChI is InChI=1S/C16H24N6OS/c1-12-14(16(17-2)24-20-12)15(23)19-13-10-18-22(11-13)9-8-21-6-4-3-5-7-21/h10-11,17H,3-9H2,1-2H3,(H,19,23). The lowest BCUT2D eigenvalue weighted by atomic mass is 10.1. The first-order valence-electron chi connectivity index (χ1n) is 8.37. The lowest BCUT2D eigenvalue weighted by molar-refractivity contribution is 0.102. The fourth-order valence-corrected chi connectivity index (χ4v) is 3.72. The van der Waals surface area contributed by atoms with Crippen molar-refractivity contribution in [1.29, 1.82) is 0 Å². The summed E-state index contributed by atoms with van der Waals surface area (Å²) in [6.45, 7) is 6.06. The van der Waals surface area contributed by atoms with Crippen molar-refractivity contribution >= 4 is 28.1 Å². The number of hydrogen-bond donors (Lipinski definition) is 2. The molecule has 3 heterocycles. The zero-order valence-electron chi connectivity index (χ0n) is 14.2. The number of rotatable bonds is 6. The zero-order chi connectivity index (χ0) is 16.9. The molecule has 24 heavy (non-hydrogen) atoms. The van der Waals surface area contributed by atoms with E-state index >= 15 is 0 Å². The maximum Gasteiger partial charge on any atom is 0.260 e. The van der Waals surface area contributed by atoms with Crippen molar-refractivity contribution in [2.75, 3.05) is 37.3 Å². The number of hydrogen-bond acceptors (Lipinski definition) is 6. The van der Waals surface area contributed by atoms with E-state index in [1.54, 1.807) is 13.2 Å². The highest BCUT2D eigenvalue weighted by molar-refractivity contribution is 7.10. The smallest absolute Gasteiger partial charge is 0.260 e. The van der Waals surface area contributed by atoms with Crippen LogP contribution >= 0.6 is 11.5 Å². The van der Waals surface area contributed by atoms with Gasteiger partial charge in [-0.25, -0.2) is 0 Å².